The van der Waals surface area contributed by atoms with Gasteiger partial charge in [0.25, 0.3) is 0 Å². The average Bonchev–Trinajstić information content (AvgIpc) is 4.07. The first-order chi connectivity index (χ1) is 26.1. The summed E-state index contributed by atoms with van der Waals surface area (Å²) in [4.78, 5) is 2.35. The fourth-order valence-corrected chi connectivity index (χ4v) is 7.61. The molecule has 0 saturated heterocycles. The van der Waals surface area contributed by atoms with Crippen molar-refractivity contribution in [1.82, 2.24) is 5.32 Å². The Morgan fingerprint density at radius 2 is 1.19 bits per heavy atom. The summed E-state index contributed by atoms with van der Waals surface area (Å²) < 4.78 is 11.5. The van der Waals surface area contributed by atoms with Crippen molar-refractivity contribution in [2.24, 2.45) is 5.92 Å². The first-order valence-electron chi connectivity index (χ1n) is 18.1. The van der Waals surface area contributed by atoms with Crippen molar-refractivity contribution in [2.45, 2.75) is 12.8 Å². The van der Waals surface area contributed by atoms with Crippen LogP contribution in [0.2, 0.25) is 0 Å². The summed E-state index contributed by atoms with van der Waals surface area (Å²) in [6, 6.07) is 52.8. The number of nitrogens with zero attached hydrogens (tertiary/aromatic N) is 1. The largest absolute Gasteiger partial charge is 0.493 e. The molecule has 9 rings (SSSR count). The zero-order valence-corrected chi connectivity index (χ0v) is 29.8. The van der Waals surface area contributed by atoms with Gasteiger partial charge in [0, 0.05) is 38.9 Å². The molecular formula is C48H39N3O2. The second-order valence-electron chi connectivity index (χ2n) is 13.7. The molecule has 0 bridgehead atoms. The molecule has 2 aliphatic rings. The van der Waals surface area contributed by atoms with Crippen LogP contribution in [0.1, 0.15) is 35.1 Å². The van der Waals surface area contributed by atoms with Crippen LogP contribution in [0.3, 0.4) is 0 Å². The molecule has 53 heavy (non-hydrogen) atoms. The highest BCUT2D eigenvalue weighted by molar-refractivity contribution is 6.36. The predicted molar refractivity (Wildman–Crippen MR) is 220 cm³/mol. The number of anilines is 3. The second kappa shape index (κ2) is 13.5. The minimum Gasteiger partial charge on any atom is -0.493 e. The standard InChI is InChI=1S/C48H39N3O2/c1-52-44-29-36-28-41(33-22-23-33)50-48(40(36)30-45(44)53-2)46(34-14-4-3-5-15-34)47(49)35-24-26-37(27-25-35)51(42-20-10-16-31-12-6-8-18-38(31)42)43-21-11-17-32-13-7-9-19-39(32)43/h3-21,24-30,33,49-50H,22-23H2,1-2H3/b48-46-,49-47?. The third-order valence-electron chi connectivity index (χ3n) is 10.4. The maximum atomic E-state index is 9.90. The normalized spacial score (nSPS) is 14.6. The van der Waals surface area contributed by atoms with Gasteiger partial charge in [-0.2, -0.15) is 0 Å². The van der Waals surface area contributed by atoms with E-state index in [4.69, 9.17) is 9.47 Å². The van der Waals surface area contributed by atoms with Crippen LogP contribution in [0, 0.1) is 11.3 Å². The minimum absolute atomic E-state index is 0.435. The van der Waals surface area contributed by atoms with Crippen molar-refractivity contribution in [3.8, 4) is 11.5 Å². The van der Waals surface area contributed by atoms with E-state index in [9.17, 15) is 5.41 Å². The number of allylic oxidation sites excluding steroid dienone is 2. The van der Waals surface area contributed by atoms with Crippen LogP contribution in [0.25, 0.3) is 38.9 Å². The molecule has 0 unspecified atom stereocenters. The Morgan fingerprint density at radius 3 is 1.79 bits per heavy atom. The van der Waals surface area contributed by atoms with Gasteiger partial charge in [-0.25, -0.2) is 0 Å². The van der Waals surface area contributed by atoms with Crippen molar-refractivity contribution in [2.75, 3.05) is 19.1 Å². The zero-order valence-electron chi connectivity index (χ0n) is 29.8. The molecule has 5 heteroatoms. The van der Waals surface area contributed by atoms with E-state index in [0.717, 1.165) is 63.4 Å². The molecule has 0 atom stereocenters. The van der Waals surface area contributed by atoms with Crippen molar-refractivity contribution < 1.29 is 9.47 Å². The van der Waals surface area contributed by atoms with Crippen LogP contribution in [-0.2, 0) is 0 Å². The Morgan fingerprint density at radius 1 is 0.623 bits per heavy atom. The highest BCUT2D eigenvalue weighted by Crippen LogP contribution is 2.46. The van der Waals surface area contributed by atoms with Crippen molar-refractivity contribution in [3.63, 3.8) is 0 Å². The summed E-state index contributed by atoms with van der Waals surface area (Å²) in [7, 11) is 3.33. The summed E-state index contributed by atoms with van der Waals surface area (Å²) in [5.41, 5.74) is 10.4. The smallest absolute Gasteiger partial charge is 0.161 e. The predicted octanol–water partition coefficient (Wildman–Crippen LogP) is 11.8. The molecule has 1 saturated carbocycles. The summed E-state index contributed by atoms with van der Waals surface area (Å²) in [6.45, 7) is 0. The molecular weight excluding hydrogens is 651 g/mol. The van der Waals surface area contributed by atoms with Crippen molar-refractivity contribution in [3.05, 3.63) is 180 Å². The SMILES string of the molecule is COc1cc2c(cc1OC)/C(=C(/C(=N)c1ccc(N(c3cccc4ccccc34)c3cccc4ccccc34)cc1)c1ccccc1)NC(C1CC1)=C2. The Hall–Kier alpha value is -6.59. The van der Waals surface area contributed by atoms with Crippen LogP contribution in [0.5, 0.6) is 11.5 Å². The molecule has 0 aromatic heterocycles. The first kappa shape index (κ1) is 32.3. The van der Waals surface area contributed by atoms with Crippen molar-refractivity contribution >= 4 is 61.7 Å². The van der Waals surface area contributed by atoms with E-state index in [2.05, 4.69) is 138 Å². The van der Waals surface area contributed by atoms with Gasteiger partial charge in [0.05, 0.1) is 37.0 Å². The molecule has 0 radical (unpaired) electrons. The molecule has 1 fully saturated rings. The van der Waals surface area contributed by atoms with Gasteiger partial charge in [0.15, 0.2) is 11.5 Å². The lowest BCUT2D eigenvalue weighted by Gasteiger charge is -2.29. The highest BCUT2D eigenvalue weighted by Gasteiger charge is 2.32. The maximum absolute atomic E-state index is 9.90. The Labute approximate surface area is 310 Å². The van der Waals surface area contributed by atoms with E-state index in [1.165, 1.54) is 27.2 Å². The molecule has 1 aliphatic heterocycles. The number of hydrogen-bond donors (Lipinski definition) is 2. The van der Waals surface area contributed by atoms with E-state index in [1.54, 1.807) is 14.2 Å². The average molecular weight is 690 g/mol. The molecule has 5 nitrogen and oxygen atoms in total. The Balaban J connectivity index is 1.20. The van der Waals surface area contributed by atoms with Gasteiger partial charge in [-0.1, -0.05) is 115 Å². The molecule has 7 aromatic rings. The molecule has 1 heterocycles. The number of ether oxygens (including phenoxy) is 2. The summed E-state index contributed by atoms with van der Waals surface area (Å²) in [5, 5.41) is 18.4. The van der Waals surface area contributed by atoms with Crippen LogP contribution in [0.4, 0.5) is 17.1 Å². The third-order valence-corrected chi connectivity index (χ3v) is 10.4. The van der Waals surface area contributed by atoms with Crippen molar-refractivity contribution in [1.29, 1.82) is 5.41 Å². The monoisotopic (exact) mass is 689 g/mol. The van der Waals surface area contributed by atoms with E-state index < -0.39 is 0 Å². The van der Waals surface area contributed by atoms with Crippen LogP contribution in [0.15, 0.2) is 157 Å². The fraction of sp³-hybridized carbons (Fsp3) is 0.104. The van der Waals surface area contributed by atoms with E-state index in [1.807, 2.05) is 30.3 Å². The van der Waals surface area contributed by atoms with Gasteiger partial charge in [0.2, 0.25) is 0 Å². The zero-order chi connectivity index (χ0) is 35.9. The molecule has 258 valence electrons. The van der Waals surface area contributed by atoms with Crippen LogP contribution >= 0.6 is 0 Å². The Bertz CT molecular complexity index is 2490. The third kappa shape index (κ3) is 5.90. The van der Waals surface area contributed by atoms with Gasteiger partial charge >= 0.3 is 0 Å². The molecule has 0 spiro atoms. The van der Waals surface area contributed by atoms with E-state index in [-0.39, 0.29) is 0 Å². The van der Waals surface area contributed by atoms with E-state index >= 15 is 0 Å². The van der Waals surface area contributed by atoms with Gasteiger partial charge in [-0.15, -0.1) is 0 Å². The number of hydrogen-bond acceptors (Lipinski definition) is 5. The topological polar surface area (TPSA) is 57.6 Å². The lowest BCUT2D eigenvalue weighted by Crippen LogP contribution is -2.22. The van der Waals surface area contributed by atoms with Gasteiger partial charge < -0.3 is 19.7 Å². The lowest BCUT2D eigenvalue weighted by atomic mass is 9.88. The second-order valence-corrected chi connectivity index (χ2v) is 13.7. The molecule has 0 amide bonds. The number of benzene rings is 7. The Kier molecular flexibility index (Phi) is 8.24. The quantitative estimate of drug-likeness (QED) is 0.148. The van der Waals surface area contributed by atoms with Crippen LogP contribution < -0.4 is 19.7 Å². The number of fused-ring (bicyclic) bond motifs is 3. The number of nitrogens with one attached hydrogen (secondary N) is 2. The maximum Gasteiger partial charge on any atom is 0.161 e. The van der Waals surface area contributed by atoms with E-state index in [0.29, 0.717) is 23.1 Å². The molecule has 7 aromatic carbocycles. The summed E-state index contributed by atoms with van der Waals surface area (Å²) in [5.74, 6) is 1.82. The molecule has 2 N–H and O–H groups in total. The summed E-state index contributed by atoms with van der Waals surface area (Å²) >= 11 is 0. The number of rotatable bonds is 9. The fourth-order valence-electron chi connectivity index (χ4n) is 7.61. The minimum atomic E-state index is 0.435. The highest BCUT2D eigenvalue weighted by atomic mass is 16.5. The molecule has 1 aliphatic carbocycles. The first-order valence-corrected chi connectivity index (χ1v) is 18.1. The lowest BCUT2D eigenvalue weighted by molar-refractivity contribution is 0.354. The van der Waals surface area contributed by atoms with Gasteiger partial charge in [-0.3, -0.25) is 5.41 Å². The number of methoxy groups -OCH3 is 2. The summed E-state index contributed by atoms with van der Waals surface area (Å²) in [6.07, 6.45) is 4.53. The van der Waals surface area contributed by atoms with Gasteiger partial charge in [0.1, 0.15) is 0 Å². The van der Waals surface area contributed by atoms with Gasteiger partial charge in [-0.05, 0) is 83.1 Å². The van der Waals surface area contributed by atoms with Crippen LogP contribution in [-0.4, -0.2) is 19.9 Å².